The Morgan fingerprint density at radius 3 is 2.80 bits per heavy atom. The van der Waals surface area contributed by atoms with E-state index in [9.17, 15) is 0 Å². The summed E-state index contributed by atoms with van der Waals surface area (Å²) in [6.45, 7) is 5.40. The van der Waals surface area contributed by atoms with Gasteiger partial charge in [-0.1, -0.05) is 25.1 Å². The van der Waals surface area contributed by atoms with Gasteiger partial charge in [0, 0.05) is 12.1 Å². The van der Waals surface area contributed by atoms with Gasteiger partial charge in [0.2, 0.25) is 0 Å². The van der Waals surface area contributed by atoms with Gasteiger partial charge in [-0.3, -0.25) is 0 Å². The highest BCUT2D eigenvalue weighted by Crippen LogP contribution is 2.17. The van der Waals surface area contributed by atoms with Crippen LogP contribution in [0, 0.1) is 0 Å². The van der Waals surface area contributed by atoms with E-state index in [1.54, 1.807) is 6.26 Å². The van der Waals surface area contributed by atoms with E-state index in [0.29, 0.717) is 19.8 Å². The van der Waals surface area contributed by atoms with Crippen molar-refractivity contribution in [2.24, 2.45) is 0 Å². The van der Waals surface area contributed by atoms with Crippen LogP contribution in [-0.2, 0) is 17.9 Å². The highest BCUT2D eigenvalue weighted by Gasteiger charge is 2.02. The van der Waals surface area contributed by atoms with E-state index in [-0.39, 0.29) is 0 Å². The second-order valence-electron chi connectivity index (χ2n) is 4.37. The second-order valence-corrected chi connectivity index (χ2v) is 4.37. The fourth-order valence-corrected chi connectivity index (χ4v) is 1.83. The van der Waals surface area contributed by atoms with Gasteiger partial charge < -0.3 is 19.2 Å². The molecular weight excluding hydrogens is 254 g/mol. The lowest BCUT2D eigenvalue weighted by Gasteiger charge is -2.11. The van der Waals surface area contributed by atoms with Gasteiger partial charge in [-0.2, -0.15) is 0 Å². The Hall–Kier alpha value is -1.78. The number of ether oxygens (including phenoxy) is 2. The van der Waals surface area contributed by atoms with Crippen molar-refractivity contribution in [2.75, 3.05) is 19.8 Å². The molecule has 0 aliphatic heterocycles. The van der Waals surface area contributed by atoms with Gasteiger partial charge in [0.05, 0.1) is 12.9 Å². The van der Waals surface area contributed by atoms with E-state index in [1.807, 2.05) is 30.3 Å². The van der Waals surface area contributed by atoms with E-state index in [2.05, 4.69) is 18.3 Å². The molecule has 0 radical (unpaired) electrons. The minimum absolute atomic E-state index is 0.482. The van der Waals surface area contributed by atoms with E-state index < -0.39 is 0 Å². The molecule has 4 nitrogen and oxygen atoms in total. The van der Waals surface area contributed by atoms with Crippen LogP contribution in [0.4, 0.5) is 0 Å². The van der Waals surface area contributed by atoms with E-state index in [0.717, 1.165) is 24.6 Å². The molecule has 4 heteroatoms. The van der Waals surface area contributed by atoms with Gasteiger partial charge in [-0.15, -0.1) is 0 Å². The molecule has 0 saturated carbocycles. The number of para-hydroxylation sites is 1. The van der Waals surface area contributed by atoms with Gasteiger partial charge in [0.15, 0.2) is 0 Å². The molecule has 20 heavy (non-hydrogen) atoms. The molecule has 1 N–H and O–H groups in total. The minimum Gasteiger partial charge on any atom is -0.491 e. The monoisotopic (exact) mass is 275 g/mol. The summed E-state index contributed by atoms with van der Waals surface area (Å²) < 4.78 is 16.4. The predicted octanol–water partition coefficient (Wildman–Crippen LogP) is 2.98. The molecule has 2 rings (SSSR count). The zero-order valence-corrected chi connectivity index (χ0v) is 11.8. The number of hydrogen-bond acceptors (Lipinski definition) is 4. The first-order valence-corrected chi connectivity index (χ1v) is 6.91. The third-order valence-electron chi connectivity index (χ3n) is 2.85. The maximum Gasteiger partial charge on any atom is 0.129 e. The van der Waals surface area contributed by atoms with Crippen LogP contribution in [0.1, 0.15) is 18.2 Å². The largest absolute Gasteiger partial charge is 0.491 e. The summed E-state index contributed by atoms with van der Waals surface area (Å²) >= 11 is 0. The van der Waals surface area contributed by atoms with Crippen molar-refractivity contribution in [2.45, 2.75) is 20.1 Å². The molecule has 0 amide bonds. The third kappa shape index (κ3) is 4.72. The van der Waals surface area contributed by atoms with E-state index in [4.69, 9.17) is 13.9 Å². The summed E-state index contributed by atoms with van der Waals surface area (Å²) in [5, 5.41) is 3.30. The Kier molecular flexibility index (Phi) is 6.14. The lowest BCUT2D eigenvalue weighted by atomic mass is 10.2. The molecule has 0 unspecified atom stereocenters. The average Bonchev–Trinajstić information content (AvgIpc) is 2.99. The zero-order valence-electron chi connectivity index (χ0n) is 11.8. The molecule has 0 bridgehead atoms. The molecule has 0 atom stereocenters. The third-order valence-corrected chi connectivity index (χ3v) is 2.85. The van der Waals surface area contributed by atoms with Gasteiger partial charge in [0.25, 0.3) is 0 Å². The molecule has 2 aromatic rings. The SMILES string of the molecule is CCNCc1ccccc1OCCOCc1ccco1. The first-order valence-electron chi connectivity index (χ1n) is 6.91. The summed E-state index contributed by atoms with van der Waals surface area (Å²) in [4.78, 5) is 0. The summed E-state index contributed by atoms with van der Waals surface area (Å²) in [6, 6.07) is 11.8. The van der Waals surface area contributed by atoms with Gasteiger partial charge in [-0.25, -0.2) is 0 Å². The van der Waals surface area contributed by atoms with Crippen LogP contribution in [-0.4, -0.2) is 19.8 Å². The molecule has 0 saturated heterocycles. The molecule has 108 valence electrons. The van der Waals surface area contributed by atoms with Crippen LogP contribution in [0.15, 0.2) is 47.1 Å². The number of rotatable bonds is 9. The fraction of sp³-hybridized carbons (Fsp3) is 0.375. The highest BCUT2D eigenvalue weighted by atomic mass is 16.5. The molecular formula is C16H21NO3. The molecule has 0 aliphatic carbocycles. The number of hydrogen-bond donors (Lipinski definition) is 1. The quantitative estimate of drug-likeness (QED) is 0.714. The predicted molar refractivity (Wildman–Crippen MR) is 77.7 cm³/mol. The number of furan rings is 1. The molecule has 0 aliphatic rings. The van der Waals surface area contributed by atoms with Crippen molar-refractivity contribution in [3.63, 3.8) is 0 Å². The second kappa shape index (κ2) is 8.40. The van der Waals surface area contributed by atoms with Crippen molar-refractivity contribution in [3.05, 3.63) is 54.0 Å². The Morgan fingerprint density at radius 2 is 2.00 bits per heavy atom. The minimum atomic E-state index is 0.482. The Bertz CT molecular complexity index is 482. The van der Waals surface area contributed by atoms with Crippen LogP contribution >= 0.6 is 0 Å². The summed E-state index contributed by atoms with van der Waals surface area (Å²) in [7, 11) is 0. The summed E-state index contributed by atoms with van der Waals surface area (Å²) in [6.07, 6.45) is 1.65. The molecule has 1 aromatic heterocycles. The zero-order chi connectivity index (χ0) is 14.0. The average molecular weight is 275 g/mol. The normalized spacial score (nSPS) is 10.7. The van der Waals surface area contributed by atoms with E-state index >= 15 is 0 Å². The first kappa shape index (κ1) is 14.6. The van der Waals surface area contributed by atoms with Crippen molar-refractivity contribution in [3.8, 4) is 5.75 Å². The van der Waals surface area contributed by atoms with Crippen LogP contribution in [0.3, 0.4) is 0 Å². The van der Waals surface area contributed by atoms with Gasteiger partial charge in [-0.05, 0) is 24.7 Å². The number of benzene rings is 1. The Labute approximate surface area is 119 Å². The summed E-state index contributed by atoms with van der Waals surface area (Å²) in [5.74, 6) is 1.74. The smallest absolute Gasteiger partial charge is 0.129 e. The lowest BCUT2D eigenvalue weighted by molar-refractivity contribution is 0.0778. The molecule has 1 aromatic carbocycles. The van der Waals surface area contributed by atoms with Gasteiger partial charge in [0.1, 0.15) is 24.7 Å². The standard InChI is InChI=1S/C16H21NO3/c1-2-17-12-14-6-3-4-8-16(14)20-11-10-18-13-15-7-5-9-19-15/h3-9,17H,2,10-13H2,1H3. The molecule has 1 heterocycles. The Morgan fingerprint density at radius 1 is 1.10 bits per heavy atom. The molecule has 0 fully saturated rings. The van der Waals surface area contributed by atoms with Crippen LogP contribution in [0.5, 0.6) is 5.75 Å². The fourth-order valence-electron chi connectivity index (χ4n) is 1.83. The Balaban J connectivity index is 1.70. The molecule has 0 spiro atoms. The van der Waals surface area contributed by atoms with Crippen molar-refractivity contribution in [1.29, 1.82) is 0 Å². The maximum atomic E-state index is 5.76. The van der Waals surface area contributed by atoms with Crippen molar-refractivity contribution >= 4 is 0 Å². The first-order chi connectivity index (χ1) is 9.90. The highest BCUT2D eigenvalue weighted by molar-refractivity contribution is 5.33. The number of nitrogens with one attached hydrogen (secondary N) is 1. The van der Waals surface area contributed by atoms with E-state index in [1.165, 1.54) is 5.56 Å². The topological polar surface area (TPSA) is 43.6 Å². The van der Waals surface area contributed by atoms with Gasteiger partial charge >= 0.3 is 0 Å². The summed E-state index contributed by atoms with van der Waals surface area (Å²) in [5.41, 5.74) is 1.17. The lowest BCUT2D eigenvalue weighted by Crippen LogP contribution is -2.14. The van der Waals surface area contributed by atoms with Crippen molar-refractivity contribution in [1.82, 2.24) is 5.32 Å². The van der Waals surface area contributed by atoms with Crippen LogP contribution in [0.2, 0.25) is 0 Å². The van der Waals surface area contributed by atoms with Crippen LogP contribution < -0.4 is 10.1 Å². The van der Waals surface area contributed by atoms with Crippen LogP contribution in [0.25, 0.3) is 0 Å². The van der Waals surface area contributed by atoms with Crippen molar-refractivity contribution < 1.29 is 13.9 Å². The maximum absolute atomic E-state index is 5.76.